The van der Waals surface area contributed by atoms with Gasteiger partial charge in [-0.2, -0.15) is 4.98 Å². The highest BCUT2D eigenvalue weighted by Gasteiger charge is 2.36. The number of carbonyl (C=O) groups excluding carboxylic acids is 1. The van der Waals surface area contributed by atoms with Gasteiger partial charge in [0.2, 0.25) is 23.2 Å². The normalized spacial score (nSPS) is 14.6. The lowest BCUT2D eigenvalue weighted by atomic mass is 10.0. The summed E-state index contributed by atoms with van der Waals surface area (Å²) in [6.07, 6.45) is 0.00288. The largest absolute Gasteiger partial charge is 0.497 e. The molecule has 1 aliphatic heterocycles. The zero-order valence-corrected chi connectivity index (χ0v) is 21.7. The summed E-state index contributed by atoms with van der Waals surface area (Å²) >= 11 is 1.53. The summed E-state index contributed by atoms with van der Waals surface area (Å²) in [5.74, 6) is 2.64. The second kappa shape index (κ2) is 10.5. The Morgan fingerprint density at radius 1 is 1.14 bits per heavy atom. The number of methoxy groups -OCH3 is 2. The Labute approximate surface area is 210 Å². The van der Waals surface area contributed by atoms with Gasteiger partial charge in [-0.1, -0.05) is 38.6 Å². The first-order valence-electron chi connectivity index (χ1n) is 11.5. The van der Waals surface area contributed by atoms with Crippen LogP contribution in [0.5, 0.6) is 17.4 Å². The van der Waals surface area contributed by atoms with Crippen molar-refractivity contribution in [2.75, 3.05) is 24.9 Å². The van der Waals surface area contributed by atoms with E-state index in [1.807, 2.05) is 30.3 Å². The molecule has 0 saturated heterocycles. The van der Waals surface area contributed by atoms with Gasteiger partial charge in [0, 0.05) is 24.3 Å². The molecule has 0 aliphatic carbocycles. The van der Waals surface area contributed by atoms with Gasteiger partial charge in [0.15, 0.2) is 5.69 Å². The number of aryl methyl sites for hydroxylation is 1. The maximum absolute atomic E-state index is 13.1. The van der Waals surface area contributed by atoms with Crippen LogP contribution in [0.2, 0.25) is 0 Å². The number of hydrogen-bond acceptors (Lipinski definition) is 8. The van der Waals surface area contributed by atoms with Crippen LogP contribution in [0.4, 0.5) is 5.69 Å². The number of hydrogen-bond donors (Lipinski definition) is 0. The Kier molecular flexibility index (Phi) is 7.45. The molecule has 0 bridgehead atoms. The lowest BCUT2D eigenvalue weighted by Crippen LogP contribution is -2.36. The first-order chi connectivity index (χ1) is 16.9. The number of amides is 1. The summed E-state index contributed by atoms with van der Waals surface area (Å²) in [5.41, 5.74) is 3.71. The average Bonchev–Trinajstić information content (AvgIpc) is 3.00. The number of thioether (sulfide) groups is 1. The fraction of sp³-hybridized carbons (Fsp3) is 0.385. The molecule has 0 fully saturated rings. The molecule has 0 N–H and O–H groups in total. The van der Waals surface area contributed by atoms with Gasteiger partial charge in [-0.25, -0.2) is 0 Å². The van der Waals surface area contributed by atoms with Crippen LogP contribution < -0.4 is 19.1 Å². The average molecular weight is 495 g/mol. The monoisotopic (exact) mass is 494 g/mol. The molecule has 35 heavy (non-hydrogen) atoms. The molecule has 1 atom stereocenters. The zero-order chi connectivity index (χ0) is 25.1. The van der Waals surface area contributed by atoms with E-state index in [0.717, 1.165) is 23.3 Å². The number of benzene rings is 2. The molecule has 8 nitrogen and oxygen atoms in total. The molecule has 1 aromatic heterocycles. The number of fused-ring (bicyclic) bond motifs is 3. The lowest BCUT2D eigenvalue weighted by molar-refractivity contribution is -0.118. The summed E-state index contributed by atoms with van der Waals surface area (Å²) in [7, 11) is 3.17. The van der Waals surface area contributed by atoms with Crippen LogP contribution in [0.25, 0.3) is 11.3 Å². The molecule has 1 amide bonds. The predicted molar refractivity (Wildman–Crippen MR) is 136 cm³/mol. The van der Waals surface area contributed by atoms with Crippen molar-refractivity contribution >= 4 is 23.4 Å². The van der Waals surface area contributed by atoms with E-state index in [0.29, 0.717) is 45.4 Å². The summed E-state index contributed by atoms with van der Waals surface area (Å²) < 4.78 is 17.5. The van der Waals surface area contributed by atoms with Crippen molar-refractivity contribution in [1.29, 1.82) is 0 Å². The Balaban J connectivity index is 1.93. The van der Waals surface area contributed by atoms with E-state index < -0.39 is 6.23 Å². The minimum absolute atomic E-state index is 0.187. The van der Waals surface area contributed by atoms with Crippen molar-refractivity contribution < 1.29 is 19.0 Å². The summed E-state index contributed by atoms with van der Waals surface area (Å²) in [6, 6.07) is 11.4. The highest BCUT2D eigenvalue weighted by Crippen LogP contribution is 2.45. The van der Waals surface area contributed by atoms with Crippen molar-refractivity contribution in [3.63, 3.8) is 0 Å². The van der Waals surface area contributed by atoms with Crippen LogP contribution in [0.15, 0.2) is 41.6 Å². The first kappa shape index (κ1) is 24.8. The maximum atomic E-state index is 13.1. The molecule has 2 heterocycles. The molecule has 0 radical (unpaired) electrons. The second-order valence-corrected chi connectivity index (χ2v) is 9.61. The van der Waals surface area contributed by atoms with E-state index in [9.17, 15) is 4.79 Å². The lowest BCUT2D eigenvalue weighted by Gasteiger charge is -2.31. The zero-order valence-electron chi connectivity index (χ0n) is 20.9. The fourth-order valence-electron chi connectivity index (χ4n) is 3.90. The molecule has 3 aromatic rings. The molecule has 9 heteroatoms. The number of aromatic nitrogens is 3. The molecule has 184 valence electrons. The van der Waals surface area contributed by atoms with Gasteiger partial charge in [0.05, 0.1) is 25.5 Å². The number of ether oxygens (including phenoxy) is 3. The molecule has 0 saturated carbocycles. The fourth-order valence-corrected chi connectivity index (χ4v) is 4.63. The SMILES string of the molecule is CCc1ccc2c(c1)-c1nnc(SCC(C)C)nc1OC(c1ccc(OC)cc1OC)N2C(C)=O. The van der Waals surface area contributed by atoms with E-state index in [-0.39, 0.29) is 5.91 Å². The highest BCUT2D eigenvalue weighted by atomic mass is 32.2. The van der Waals surface area contributed by atoms with E-state index in [1.54, 1.807) is 25.2 Å². The van der Waals surface area contributed by atoms with Crippen molar-refractivity contribution in [3.05, 3.63) is 47.5 Å². The minimum atomic E-state index is -0.833. The number of nitrogens with zero attached hydrogens (tertiary/aromatic N) is 4. The van der Waals surface area contributed by atoms with Crippen LogP contribution >= 0.6 is 11.8 Å². The van der Waals surface area contributed by atoms with Gasteiger partial charge in [-0.15, -0.1) is 10.2 Å². The molecular weight excluding hydrogens is 464 g/mol. The van der Waals surface area contributed by atoms with E-state index >= 15 is 0 Å². The van der Waals surface area contributed by atoms with Gasteiger partial charge < -0.3 is 14.2 Å². The third-order valence-electron chi connectivity index (χ3n) is 5.67. The summed E-state index contributed by atoms with van der Waals surface area (Å²) in [4.78, 5) is 19.4. The Morgan fingerprint density at radius 2 is 1.94 bits per heavy atom. The number of anilines is 1. The van der Waals surface area contributed by atoms with Crippen molar-refractivity contribution in [2.24, 2.45) is 5.92 Å². The number of carbonyl (C=O) groups is 1. The molecule has 1 unspecified atom stereocenters. The maximum Gasteiger partial charge on any atom is 0.247 e. The standard InChI is InChI=1S/C26H30N4O4S/c1-7-17-8-11-21-20(12-17)23-24(27-26(29-28-23)35-14-15(2)3)34-25(30(21)16(4)31)19-10-9-18(32-5)13-22(19)33-6/h8-13,15,25H,7,14H2,1-6H3. The predicted octanol–water partition coefficient (Wildman–Crippen LogP) is 5.31. The van der Waals surface area contributed by atoms with Gasteiger partial charge in [0.25, 0.3) is 0 Å². The number of rotatable bonds is 7. The third-order valence-corrected chi connectivity index (χ3v) is 6.93. The van der Waals surface area contributed by atoms with Crippen LogP contribution in [-0.2, 0) is 11.2 Å². The molecule has 1 aliphatic rings. The van der Waals surface area contributed by atoms with Crippen molar-refractivity contribution in [1.82, 2.24) is 15.2 Å². The van der Waals surface area contributed by atoms with E-state index in [1.165, 1.54) is 18.7 Å². The Morgan fingerprint density at radius 3 is 2.60 bits per heavy atom. The Bertz CT molecular complexity index is 1230. The molecule has 0 spiro atoms. The smallest absolute Gasteiger partial charge is 0.247 e. The molecule has 2 aromatic carbocycles. The van der Waals surface area contributed by atoms with Crippen molar-refractivity contribution in [3.8, 4) is 28.6 Å². The van der Waals surface area contributed by atoms with Crippen LogP contribution in [0, 0.1) is 5.92 Å². The van der Waals surface area contributed by atoms with E-state index in [2.05, 4.69) is 31.0 Å². The van der Waals surface area contributed by atoms with Crippen molar-refractivity contribution in [2.45, 2.75) is 45.5 Å². The highest BCUT2D eigenvalue weighted by molar-refractivity contribution is 7.99. The van der Waals surface area contributed by atoms with Gasteiger partial charge in [-0.3, -0.25) is 9.69 Å². The van der Waals surface area contributed by atoms with Gasteiger partial charge >= 0.3 is 0 Å². The topological polar surface area (TPSA) is 86.7 Å². The molecule has 4 rings (SSSR count). The quantitative estimate of drug-likeness (QED) is 0.409. The Hall–Kier alpha value is -3.33. The van der Waals surface area contributed by atoms with Crippen LogP contribution in [-0.4, -0.2) is 41.1 Å². The van der Waals surface area contributed by atoms with Crippen LogP contribution in [0.1, 0.15) is 45.0 Å². The third kappa shape index (κ3) is 5.05. The summed E-state index contributed by atoms with van der Waals surface area (Å²) in [6.45, 7) is 7.88. The van der Waals surface area contributed by atoms with Gasteiger partial charge in [0.1, 0.15) is 11.5 Å². The minimum Gasteiger partial charge on any atom is -0.497 e. The summed E-state index contributed by atoms with van der Waals surface area (Å²) in [5, 5.41) is 9.41. The van der Waals surface area contributed by atoms with Gasteiger partial charge in [-0.05, 0) is 42.2 Å². The molecular formula is C26H30N4O4S. The van der Waals surface area contributed by atoms with Crippen LogP contribution in [0.3, 0.4) is 0 Å². The van der Waals surface area contributed by atoms with E-state index in [4.69, 9.17) is 19.2 Å². The second-order valence-electron chi connectivity index (χ2n) is 8.63. The first-order valence-corrected chi connectivity index (χ1v) is 12.5.